The first kappa shape index (κ1) is 12.2. The summed E-state index contributed by atoms with van der Waals surface area (Å²) in [5, 5.41) is 3.60. The van der Waals surface area contributed by atoms with Crippen LogP contribution in [-0.4, -0.2) is 16.1 Å². The van der Waals surface area contributed by atoms with Crippen LogP contribution in [0.25, 0.3) is 0 Å². The van der Waals surface area contributed by atoms with E-state index in [-0.39, 0.29) is 0 Å². The molecule has 3 nitrogen and oxygen atoms in total. The molecule has 3 heteroatoms. The standard InChI is InChI=1S/C15H25N3/c1-2-4-13(5-3-1)8-9-16-10-15-11-17-12-18(15)14-6-7-14/h11-14,16H,1-10H2. The number of imidazole rings is 1. The van der Waals surface area contributed by atoms with Crippen LogP contribution in [0.2, 0.25) is 0 Å². The minimum atomic E-state index is 0.752. The van der Waals surface area contributed by atoms with Crippen LogP contribution in [0.5, 0.6) is 0 Å². The molecule has 0 saturated heterocycles. The Bertz CT molecular complexity index is 362. The summed E-state index contributed by atoms with van der Waals surface area (Å²) in [7, 11) is 0. The molecule has 0 spiro atoms. The smallest absolute Gasteiger partial charge is 0.0951 e. The van der Waals surface area contributed by atoms with Crippen molar-refractivity contribution in [2.75, 3.05) is 6.54 Å². The summed E-state index contributed by atoms with van der Waals surface area (Å²) in [6, 6.07) is 0.752. The van der Waals surface area contributed by atoms with Gasteiger partial charge in [-0.25, -0.2) is 4.98 Å². The van der Waals surface area contributed by atoms with Gasteiger partial charge in [0.25, 0.3) is 0 Å². The molecule has 2 saturated carbocycles. The molecule has 0 aromatic carbocycles. The first-order valence-corrected chi connectivity index (χ1v) is 7.65. The van der Waals surface area contributed by atoms with Gasteiger partial charge in [-0.1, -0.05) is 32.1 Å². The zero-order chi connectivity index (χ0) is 12.2. The van der Waals surface area contributed by atoms with Gasteiger partial charge in [-0.15, -0.1) is 0 Å². The van der Waals surface area contributed by atoms with E-state index >= 15 is 0 Å². The van der Waals surface area contributed by atoms with Gasteiger partial charge in [0.1, 0.15) is 0 Å². The molecule has 0 atom stereocenters. The molecular formula is C15H25N3. The Labute approximate surface area is 110 Å². The average molecular weight is 247 g/mol. The van der Waals surface area contributed by atoms with Crippen LogP contribution in [0, 0.1) is 5.92 Å². The van der Waals surface area contributed by atoms with Crippen LogP contribution in [0.4, 0.5) is 0 Å². The van der Waals surface area contributed by atoms with E-state index < -0.39 is 0 Å². The van der Waals surface area contributed by atoms with E-state index in [2.05, 4.69) is 14.9 Å². The van der Waals surface area contributed by atoms with Gasteiger partial charge < -0.3 is 9.88 Å². The van der Waals surface area contributed by atoms with Crippen molar-refractivity contribution >= 4 is 0 Å². The number of hydrogen-bond donors (Lipinski definition) is 1. The lowest BCUT2D eigenvalue weighted by atomic mass is 9.87. The van der Waals surface area contributed by atoms with Crippen LogP contribution in [0.3, 0.4) is 0 Å². The summed E-state index contributed by atoms with van der Waals surface area (Å²) in [5.41, 5.74) is 1.36. The second-order valence-electron chi connectivity index (χ2n) is 5.99. The second-order valence-corrected chi connectivity index (χ2v) is 5.99. The normalized spacial score (nSPS) is 21.3. The maximum absolute atomic E-state index is 4.27. The lowest BCUT2D eigenvalue weighted by Gasteiger charge is -2.21. The highest BCUT2D eigenvalue weighted by Gasteiger charge is 2.24. The van der Waals surface area contributed by atoms with Crippen molar-refractivity contribution in [3.63, 3.8) is 0 Å². The third-order valence-corrected chi connectivity index (χ3v) is 4.45. The van der Waals surface area contributed by atoms with E-state index in [0.29, 0.717) is 0 Å². The summed E-state index contributed by atoms with van der Waals surface area (Å²) in [6.07, 6.45) is 15.3. The van der Waals surface area contributed by atoms with Crippen molar-refractivity contribution in [1.82, 2.24) is 14.9 Å². The molecule has 1 N–H and O–H groups in total. The first-order valence-electron chi connectivity index (χ1n) is 7.65. The molecule has 2 fully saturated rings. The maximum Gasteiger partial charge on any atom is 0.0951 e. The van der Waals surface area contributed by atoms with Crippen LogP contribution >= 0.6 is 0 Å². The van der Waals surface area contributed by atoms with E-state index in [1.807, 2.05) is 12.5 Å². The molecule has 2 aliphatic carbocycles. The molecule has 1 aromatic rings. The Morgan fingerprint density at radius 2 is 2.00 bits per heavy atom. The lowest BCUT2D eigenvalue weighted by Crippen LogP contribution is -2.20. The van der Waals surface area contributed by atoms with E-state index in [4.69, 9.17) is 0 Å². The van der Waals surface area contributed by atoms with E-state index in [1.54, 1.807) is 0 Å². The SMILES string of the molecule is c1ncn(C2CC2)c1CNCCC1CCCCC1. The van der Waals surface area contributed by atoms with Gasteiger partial charge in [-0.05, 0) is 31.7 Å². The Morgan fingerprint density at radius 3 is 2.78 bits per heavy atom. The molecule has 1 aromatic heterocycles. The monoisotopic (exact) mass is 247 g/mol. The van der Waals surface area contributed by atoms with E-state index in [1.165, 1.54) is 63.6 Å². The quantitative estimate of drug-likeness (QED) is 0.782. The second kappa shape index (κ2) is 5.87. The highest BCUT2D eigenvalue weighted by molar-refractivity contribution is 5.03. The van der Waals surface area contributed by atoms with Gasteiger partial charge in [0.15, 0.2) is 0 Å². The molecule has 0 amide bonds. The number of nitrogens with one attached hydrogen (secondary N) is 1. The van der Waals surface area contributed by atoms with Gasteiger partial charge in [0.05, 0.1) is 12.0 Å². The Morgan fingerprint density at radius 1 is 1.17 bits per heavy atom. The number of hydrogen-bond acceptors (Lipinski definition) is 2. The minimum Gasteiger partial charge on any atom is -0.330 e. The van der Waals surface area contributed by atoms with Crippen molar-refractivity contribution in [1.29, 1.82) is 0 Å². The zero-order valence-corrected chi connectivity index (χ0v) is 11.3. The topological polar surface area (TPSA) is 29.9 Å². The van der Waals surface area contributed by atoms with Gasteiger partial charge in [-0.2, -0.15) is 0 Å². The first-order chi connectivity index (χ1) is 8.93. The Hall–Kier alpha value is -0.830. The fourth-order valence-electron chi connectivity index (χ4n) is 3.15. The molecular weight excluding hydrogens is 222 g/mol. The molecule has 3 rings (SSSR count). The van der Waals surface area contributed by atoms with Crippen molar-refractivity contribution in [2.24, 2.45) is 5.92 Å². The Kier molecular flexibility index (Phi) is 3.99. The predicted octanol–water partition coefficient (Wildman–Crippen LogP) is 3.28. The molecule has 0 unspecified atom stereocenters. The minimum absolute atomic E-state index is 0.752. The van der Waals surface area contributed by atoms with Crippen molar-refractivity contribution in [3.05, 3.63) is 18.2 Å². The van der Waals surface area contributed by atoms with Crippen LogP contribution < -0.4 is 5.32 Å². The highest BCUT2D eigenvalue weighted by Crippen LogP contribution is 2.35. The fraction of sp³-hybridized carbons (Fsp3) is 0.800. The highest BCUT2D eigenvalue weighted by atomic mass is 15.1. The molecule has 0 bridgehead atoms. The largest absolute Gasteiger partial charge is 0.330 e. The summed E-state index contributed by atoms with van der Waals surface area (Å²) in [6.45, 7) is 2.16. The molecule has 0 aliphatic heterocycles. The average Bonchev–Trinajstić information content (AvgIpc) is 3.16. The fourth-order valence-corrected chi connectivity index (χ4v) is 3.15. The summed E-state index contributed by atoms with van der Waals surface area (Å²) in [4.78, 5) is 4.27. The number of rotatable bonds is 6. The van der Waals surface area contributed by atoms with Crippen molar-refractivity contribution in [3.8, 4) is 0 Å². The summed E-state index contributed by atoms with van der Waals surface area (Å²) in [5.74, 6) is 0.986. The van der Waals surface area contributed by atoms with Crippen molar-refractivity contribution < 1.29 is 0 Å². The molecule has 100 valence electrons. The Balaban J connectivity index is 1.37. The van der Waals surface area contributed by atoms with Gasteiger partial charge in [0, 0.05) is 18.8 Å². The van der Waals surface area contributed by atoms with Crippen molar-refractivity contribution in [2.45, 2.75) is 64.0 Å². The molecule has 0 radical (unpaired) electrons. The molecule has 1 heterocycles. The third kappa shape index (κ3) is 3.14. The number of nitrogens with zero attached hydrogens (tertiary/aromatic N) is 2. The lowest BCUT2D eigenvalue weighted by molar-refractivity contribution is 0.333. The van der Waals surface area contributed by atoms with Crippen LogP contribution in [0.1, 0.15) is 63.1 Å². The van der Waals surface area contributed by atoms with Gasteiger partial charge in [-0.3, -0.25) is 0 Å². The molecule has 2 aliphatic rings. The van der Waals surface area contributed by atoms with Crippen LogP contribution in [-0.2, 0) is 6.54 Å². The summed E-state index contributed by atoms with van der Waals surface area (Å²) < 4.78 is 2.35. The zero-order valence-electron chi connectivity index (χ0n) is 11.3. The molecule has 18 heavy (non-hydrogen) atoms. The predicted molar refractivity (Wildman–Crippen MR) is 73.4 cm³/mol. The van der Waals surface area contributed by atoms with Gasteiger partial charge >= 0.3 is 0 Å². The number of aromatic nitrogens is 2. The van der Waals surface area contributed by atoms with E-state index in [0.717, 1.165) is 18.5 Å². The van der Waals surface area contributed by atoms with Gasteiger partial charge in [0.2, 0.25) is 0 Å². The third-order valence-electron chi connectivity index (χ3n) is 4.45. The maximum atomic E-state index is 4.27. The van der Waals surface area contributed by atoms with Crippen LogP contribution in [0.15, 0.2) is 12.5 Å². The summed E-state index contributed by atoms with van der Waals surface area (Å²) >= 11 is 0. The van der Waals surface area contributed by atoms with E-state index in [9.17, 15) is 0 Å².